The zero-order valence-corrected chi connectivity index (χ0v) is 9.86. The minimum absolute atomic E-state index is 0.276. The normalized spacial score (nSPS) is 18.1. The van der Waals surface area contributed by atoms with Crippen LogP contribution in [-0.2, 0) is 6.42 Å². The van der Waals surface area contributed by atoms with Crippen molar-refractivity contribution >= 4 is 0 Å². The zero-order chi connectivity index (χ0) is 11.5. The number of aryl methyl sites for hydroxylation is 1. The molecule has 86 valence electrons. The van der Waals surface area contributed by atoms with Crippen molar-refractivity contribution in [2.24, 2.45) is 0 Å². The summed E-state index contributed by atoms with van der Waals surface area (Å²) in [6.45, 7) is 4.73. The van der Waals surface area contributed by atoms with Crippen molar-refractivity contribution in [3.8, 4) is 5.75 Å². The van der Waals surface area contributed by atoms with E-state index < -0.39 is 0 Å². The predicted molar refractivity (Wildman–Crippen MR) is 64.6 cm³/mol. The van der Waals surface area contributed by atoms with Crippen LogP contribution >= 0.6 is 0 Å². The first-order valence-corrected chi connectivity index (χ1v) is 5.74. The molecule has 0 aromatic heterocycles. The molecule has 2 rings (SSSR count). The van der Waals surface area contributed by atoms with Gasteiger partial charge in [-0.1, -0.05) is 11.6 Å². The Balaban J connectivity index is 2.05. The molecule has 1 aliphatic rings. The van der Waals surface area contributed by atoms with Crippen molar-refractivity contribution in [1.29, 1.82) is 0 Å². The topological polar surface area (TPSA) is 29.5 Å². The second-order valence-corrected chi connectivity index (χ2v) is 4.51. The number of fused-ring (bicyclic) bond motifs is 1. The van der Waals surface area contributed by atoms with Crippen molar-refractivity contribution in [1.82, 2.24) is 0 Å². The Morgan fingerprint density at radius 3 is 3.06 bits per heavy atom. The van der Waals surface area contributed by atoms with Crippen LogP contribution in [0.3, 0.4) is 0 Å². The Labute approximate surface area is 96.6 Å². The van der Waals surface area contributed by atoms with Crippen LogP contribution in [0.25, 0.3) is 0 Å². The van der Waals surface area contributed by atoms with Gasteiger partial charge < -0.3 is 9.84 Å². The molecule has 0 unspecified atom stereocenters. The third-order valence-corrected chi connectivity index (χ3v) is 2.90. The van der Waals surface area contributed by atoms with E-state index in [4.69, 9.17) is 4.74 Å². The molecule has 0 saturated carbocycles. The maximum atomic E-state index is 9.67. The summed E-state index contributed by atoms with van der Waals surface area (Å²) in [5.41, 5.74) is 3.55. The number of benzene rings is 1. The lowest BCUT2D eigenvalue weighted by Gasteiger charge is -2.07. The molecule has 1 aromatic carbocycles. The summed E-state index contributed by atoms with van der Waals surface area (Å²) < 4.78 is 5.62. The number of hydrogen-bond acceptors (Lipinski definition) is 2. The fraction of sp³-hybridized carbons (Fsp3) is 0.429. The first-order chi connectivity index (χ1) is 7.66. The van der Waals surface area contributed by atoms with E-state index in [9.17, 15) is 5.11 Å². The smallest absolute Gasteiger partial charge is 0.120 e. The van der Waals surface area contributed by atoms with E-state index in [1.54, 1.807) is 0 Å². The Morgan fingerprint density at radius 2 is 2.31 bits per heavy atom. The SMILES string of the molecule is CC(C)=CCOc1ccc2c(c1)CC[C@@H]2O. The molecule has 1 atom stereocenters. The van der Waals surface area contributed by atoms with Crippen molar-refractivity contribution in [2.75, 3.05) is 6.61 Å². The Bertz CT molecular complexity index is 403. The van der Waals surface area contributed by atoms with E-state index in [0.717, 1.165) is 24.2 Å². The van der Waals surface area contributed by atoms with Gasteiger partial charge in [-0.15, -0.1) is 0 Å². The van der Waals surface area contributed by atoms with E-state index in [1.807, 2.05) is 18.2 Å². The third kappa shape index (κ3) is 2.45. The Hall–Kier alpha value is -1.28. The van der Waals surface area contributed by atoms with Crippen molar-refractivity contribution in [2.45, 2.75) is 32.8 Å². The van der Waals surface area contributed by atoms with Crippen LogP contribution in [0.4, 0.5) is 0 Å². The van der Waals surface area contributed by atoms with Crippen LogP contribution in [-0.4, -0.2) is 11.7 Å². The lowest BCUT2D eigenvalue weighted by atomic mass is 10.1. The average Bonchev–Trinajstić information content (AvgIpc) is 2.60. The summed E-state index contributed by atoms with van der Waals surface area (Å²) in [5.74, 6) is 0.894. The average molecular weight is 218 g/mol. The minimum Gasteiger partial charge on any atom is -0.490 e. The first-order valence-electron chi connectivity index (χ1n) is 5.74. The fourth-order valence-corrected chi connectivity index (χ4v) is 1.97. The molecular formula is C14H18O2. The molecule has 0 saturated heterocycles. The summed E-state index contributed by atoms with van der Waals surface area (Å²) in [4.78, 5) is 0. The number of aliphatic hydroxyl groups is 1. The van der Waals surface area contributed by atoms with Gasteiger partial charge in [0, 0.05) is 0 Å². The van der Waals surface area contributed by atoms with E-state index >= 15 is 0 Å². The molecule has 1 aliphatic carbocycles. The molecule has 1 N–H and O–H groups in total. The largest absolute Gasteiger partial charge is 0.490 e. The van der Waals surface area contributed by atoms with Gasteiger partial charge in [-0.2, -0.15) is 0 Å². The van der Waals surface area contributed by atoms with Crippen molar-refractivity contribution in [3.05, 3.63) is 41.0 Å². The summed E-state index contributed by atoms with van der Waals surface area (Å²) in [5, 5.41) is 9.67. The molecule has 0 heterocycles. The van der Waals surface area contributed by atoms with Crippen LogP contribution in [0.15, 0.2) is 29.8 Å². The number of ether oxygens (including phenoxy) is 1. The lowest BCUT2D eigenvalue weighted by Crippen LogP contribution is -1.96. The van der Waals surface area contributed by atoms with Gasteiger partial charge in [0.2, 0.25) is 0 Å². The van der Waals surface area contributed by atoms with Gasteiger partial charge in [0.25, 0.3) is 0 Å². The molecule has 0 aliphatic heterocycles. The number of aliphatic hydroxyl groups excluding tert-OH is 1. The molecule has 16 heavy (non-hydrogen) atoms. The summed E-state index contributed by atoms with van der Waals surface area (Å²) in [6, 6.07) is 5.96. The summed E-state index contributed by atoms with van der Waals surface area (Å²) in [7, 11) is 0. The fourth-order valence-electron chi connectivity index (χ4n) is 1.97. The van der Waals surface area contributed by atoms with E-state index in [1.165, 1.54) is 11.1 Å². The number of allylic oxidation sites excluding steroid dienone is 1. The summed E-state index contributed by atoms with van der Waals surface area (Å²) >= 11 is 0. The molecule has 0 fully saturated rings. The molecule has 0 bridgehead atoms. The molecule has 2 heteroatoms. The van der Waals surface area contributed by atoms with E-state index in [-0.39, 0.29) is 6.10 Å². The van der Waals surface area contributed by atoms with Gasteiger partial charge in [0.15, 0.2) is 0 Å². The maximum Gasteiger partial charge on any atom is 0.120 e. The molecule has 0 spiro atoms. The molecule has 0 radical (unpaired) electrons. The Kier molecular flexibility index (Phi) is 3.30. The van der Waals surface area contributed by atoms with E-state index in [2.05, 4.69) is 19.9 Å². The first kappa shape index (κ1) is 11.2. The highest BCUT2D eigenvalue weighted by molar-refractivity contribution is 5.39. The van der Waals surface area contributed by atoms with Gasteiger partial charge in [-0.25, -0.2) is 0 Å². The van der Waals surface area contributed by atoms with Crippen molar-refractivity contribution in [3.63, 3.8) is 0 Å². The van der Waals surface area contributed by atoms with Crippen LogP contribution in [0.5, 0.6) is 5.75 Å². The second-order valence-electron chi connectivity index (χ2n) is 4.51. The van der Waals surface area contributed by atoms with Gasteiger partial charge >= 0.3 is 0 Å². The van der Waals surface area contributed by atoms with Gasteiger partial charge in [0.05, 0.1) is 6.10 Å². The highest BCUT2D eigenvalue weighted by Crippen LogP contribution is 2.33. The van der Waals surface area contributed by atoms with E-state index in [0.29, 0.717) is 6.61 Å². The standard InChI is InChI=1S/C14H18O2/c1-10(2)7-8-16-12-4-5-13-11(9-12)3-6-14(13)15/h4-5,7,9,14-15H,3,6,8H2,1-2H3/t14-/m0/s1. The molecular weight excluding hydrogens is 200 g/mol. The highest BCUT2D eigenvalue weighted by atomic mass is 16.5. The molecule has 0 amide bonds. The van der Waals surface area contributed by atoms with Crippen LogP contribution in [0.2, 0.25) is 0 Å². The van der Waals surface area contributed by atoms with Gasteiger partial charge in [0.1, 0.15) is 12.4 Å². The summed E-state index contributed by atoms with van der Waals surface area (Å²) in [6.07, 6.45) is 3.58. The van der Waals surface area contributed by atoms with Crippen LogP contribution < -0.4 is 4.74 Å². The second kappa shape index (κ2) is 4.71. The predicted octanol–water partition coefficient (Wildman–Crippen LogP) is 3.01. The molecule has 1 aromatic rings. The van der Waals surface area contributed by atoms with Gasteiger partial charge in [-0.3, -0.25) is 0 Å². The van der Waals surface area contributed by atoms with Crippen LogP contribution in [0.1, 0.15) is 37.5 Å². The highest BCUT2D eigenvalue weighted by Gasteiger charge is 2.20. The minimum atomic E-state index is -0.276. The van der Waals surface area contributed by atoms with Crippen molar-refractivity contribution < 1.29 is 9.84 Å². The van der Waals surface area contributed by atoms with Gasteiger partial charge in [-0.05, 0) is 56.0 Å². The maximum absolute atomic E-state index is 9.67. The Morgan fingerprint density at radius 1 is 1.50 bits per heavy atom. The quantitative estimate of drug-likeness (QED) is 0.790. The third-order valence-electron chi connectivity index (χ3n) is 2.90. The lowest BCUT2D eigenvalue weighted by molar-refractivity contribution is 0.180. The number of hydrogen-bond donors (Lipinski definition) is 1. The zero-order valence-electron chi connectivity index (χ0n) is 9.86. The molecule has 2 nitrogen and oxygen atoms in total. The number of rotatable bonds is 3. The monoisotopic (exact) mass is 218 g/mol. The van der Waals surface area contributed by atoms with Crippen LogP contribution in [0, 0.1) is 0 Å².